The van der Waals surface area contributed by atoms with Crippen LogP contribution in [0.5, 0.6) is 0 Å². The summed E-state index contributed by atoms with van der Waals surface area (Å²) in [5.41, 5.74) is 0. The monoisotopic (exact) mass is 446 g/mol. The van der Waals surface area contributed by atoms with Gasteiger partial charge in [0.1, 0.15) is 17.9 Å². The molecule has 0 aliphatic rings. The van der Waals surface area contributed by atoms with E-state index in [9.17, 15) is 29.1 Å². The third-order valence-electron chi connectivity index (χ3n) is 4.48. The van der Waals surface area contributed by atoms with E-state index in [0.29, 0.717) is 64.6 Å². The first kappa shape index (κ1) is 28.4. The minimum atomic E-state index is -1.20. The third-order valence-corrected chi connectivity index (χ3v) is 4.48. The molecule has 2 unspecified atom stereocenters. The second-order valence-electron chi connectivity index (χ2n) is 7.01. The lowest BCUT2D eigenvalue weighted by Gasteiger charge is -2.18. The van der Waals surface area contributed by atoms with Crippen LogP contribution in [0.1, 0.15) is 51.4 Å². The molecule has 31 heavy (non-hydrogen) atoms. The SMILES string of the molecule is O=CNCCCC(=O)CCNCCCCC(NCNC(CCC(=O)O)C(=O)O)C(=O)O. The summed E-state index contributed by atoms with van der Waals surface area (Å²) < 4.78 is 0. The number of carboxylic acid groups (broad SMARTS) is 3. The van der Waals surface area contributed by atoms with Gasteiger partial charge in [-0.25, -0.2) is 0 Å². The summed E-state index contributed by atoms with van der Waals surface area (Å²) in [6.45, 7) is 1.59. The second-order valence-corrected chi connectivity index (χ2v) is 7.01. The van der Waals surface area contributed by atoms with Gasteiger partial charge in [0.15, 0.2) is 0 Å². The average molecular weight is 447 g/mol. The number of carboxylic acids is 3. The summed E-state index contributed by atoms with van der Waals surface area (Å²) in [5.74, 6) is -3.24. The first-order valence-electron chi connectivity index (χ1n) is 10.3. The molecule has 0 radical (unpaired) electrons. The highest BCUT2D eigenvalue weighted by molar-refractivity contribution is 5.78. The number of ketones is 1. The topological polar surface area (TPSA) is 194 Å². The molecule has 12 nitrogen and oxygen atoms in total. The Morgan fingerprint density at radius 2 is 1.39 bits per heavy atom. The molecule has 2 atom stereocenters. The number of amides is 1. The molecule has 178 valence electrons. The predicted molar refractivity (Wildman–Crippen MR) is 111 cm³/mol. The van der Waals surface area contributed by atoms with Crippen LogP contribution in [0.2, 0.25) is 0 Å². The zero-order valence-electron chi connectivity index (χ0n) is 17.6. The normalized spacial score (nSPS) is 12.6. The lowest BCUT2D eigenvalue weighted by molar-refractivity contribution is -0.141. The standard InChI is InChI=1S/C19H34N4O8/c24-13-21-10-3-4-14(25)8-11-20-9-2-1-5-15(18(28)29)22-12-23-16(19(30)31)6-7-17(26)27/h13,15-16,20,22-23H,1-12H2,(H,21,24)(H,26,27)(H,28,29)(H,30,31). The molecule has 0 aliphatic carbocycles. The van der Waals surface area contributed by atoms with Gasteiger partial charge in [-0.2, -0.15) is 0 Å². The molecule has 0 aromatic carbocycles. The van der Waals surface area contributed by atoms with Crippen molar-refractivity contribution in [2.75, 3.05) is 26.3 Å². The van der Waals surface area contributed by atoms with Crippen LogP contribution in [0.15, 0.2) is 0 Å². The van der Waals surface area contributed by atoms with Gasteiger partial charge in [-0.1, -0.05) is 6.42 Å². The number of rotatable bonds is 22. The van der Waals surface area contributed by atoms with E-state index >= 15 is 0 Å². The molecule has 0 heterocycles. The van der Waals surface area contributed by atoms with Gasteiger partial charge in [0, 0.05) is 39.0 Å². The molecule has 0 aliphatic heterocycles. The fourth-order valence-electron chi connectivity index (χ4n) is 2.72. The van der Waals surface area contributed by atoms with Gasteiger partial charge in [0.2, 0.25) is 6.41 Å². The summed E-state index contributed by atoms with van der Waals surface area (Å²) in [7, 11) is 0. The van der Waals surface area contributed by atoms with Crippen molar-refractivity contribution in [1.29, 1.82) is 0 Å². The van der Waals surface area contributed by atoms with Crippen molar-refractivity contribution in [1.82, 2.24) is 21.3 Å². The highest BCUT2D eigenvalue weighted by atomic mass is 16.4. The van der Waals surface area contributed by atoms with Gasteiger partial charge in [0.05, 0.1) is 0 Å². The van der Waals surface area contributed by atoms with Gasteiger partial charge in [-0.15, -0.1) is 0 Å². The zero-order valence-corrected chi connectivity index (χ0v) is 17.6. The van der Waals surface area contributed by atoms with Gasteiger partial charge in [-0.05, 0) is 32.2 Å². The van der Waals surface area contributed by atoms with E-state index in [1.165, 1.54) is 0 Å². The smallest absolute Gasteiger partial charge is 0.320 e. The van der Waals surface area contributed by atoms with Crippen LogP contribution >= 0.6 is 0 Å². The molecule has 0 spiro atoms. The van der Waals surface area contributed by atoms with Gasteiger partial charge >= 0.3 is 17.9 Å². The summed E-state index contributed by atoms with van der Waals surface area (Å²) in [6, 6.07) is -1.94. The van der Waals surface area contributed by atoms with Crippen LogP contribution < -0.4 is 21.3 Å². The highest BCUT2D eigenvalue weighted by Gasteiger charge is 2.20. The molecular formula is C19H34N4O8. The fraction of sp³-hybridized carbons (Fsp3) is 0.737. The largest absolute Gasteiger partial charge is 0.481 e. The van der Waals surface area contributed by atoms with E-state index in [0.717, 1.165) is 0 Å². The number of aliphatic carboxylic acids is 3. The summed E-state index contributed by atoms with van der Waals surface area (Å²) >= 11 is 0. The van der Waals surface area contributed by atoms with E-state index in [-0.39, 0.29) is 25.3 Å². The van der Waals surface area contributed by atoms with Crippen LogP contribution in [0.3, 0.4) is 0 Å². The number of Topliss-reactive ketones (excluding diaryl/α,β-unsaturated/α-hetero) is 1. The van der Waals surface area contributed by atoms with Gasteiger partial charge in [-0.3, -0.25) is 34.6 Å². The maximum Gasteiger partial charge on any atom is 0.320 e. The highest BCUT2D eigenvalue weighted by Crippen LogP contribution is 2.02. The molecule has 0 aromatic rings. The molecule has 1 amide bonds. The van der Waals surface area contributed by atoms with E-state index < -0.39 is 30.0 Å². The minimum absolute atomic E-state index is 0.0731. The van der Waals surface area contributed by atoms with Crippen molar-refractivity contribution in [3.8, 4) is 0 Å². The van der Waals surface area contributed by atoms with Crippen molar-refractivity contribution in [3.05, 3.63) is 0 Å². The molecule has 7 N–H and O–H groups in total. The van der Waals surface area contributed by atoms with E-state index in [1.807, 2.05) is 0 Å². The number of carbonyl (C=O) groups is 5. The van der Waals surface area contributed by atoms with E-state index in [4.69, 9.17) is 10.2 Å². The average Bonchev–Trinajstić information content (AvgIpc) is 2.70. The Balaban J connectivity index is 3.92. The van der Waals surface area contributed by atoms with Crippen LogP contribution in [0, 0.1) is 0 Å². The molecule has 0 aromatic heterocycles. The number of nitrogens with one attached hydrogen (secondary N) is 4. The van der Waals surface area contributed by atoms with Gasteiger partial charge < -0.3 is 26.0 Å². The molecule has 12 heteroatoms. The maximum absolute atomic E-state index is 11.6. The Labute approximate surface area is 181 Å². The first-order chi connectivity index (χ1) is 14.8. The third kappa shape index (κ3) is 16.9. The molecule has 0 saturated heterocycles. The lowest BCUT2D eigenvalue weighted by atomic mass is 10.1. The fourth-order valence-corrected chi connectivity index (χ4v) is 2.72. The Kier molecular flexibility index (Phi) is 16.7. The van der Waals surface area contributed by atoms with Crippen molar-refractivity contribution in [2.45, 2.75) is 63.5 Å². The van der Waals surface area contributed by atoms with Gasteiger partial charge in [0.25, 0.3) is 0 Å². The Morgan fingerprint density at radius 3 is 1.97 bits per heavy atom. The number of hydrogen-bond acceptors (Lipinski definition) is 8. The van der Waals surface area contributed by atoms with Crippen LogP contribution in [0.4, 0.5) is 0 Å². The van der Waals surface area contributed by atoms with Crippen molar-refractivity contribution in [3.63, 3.8) is 0 Å². The first-order valence-corrected chi connectivity index (χ1v) is 10.3. The molecule has 0 saturated carbocycles. The van der Waals surface area contributed by atoms with Crippen molar-refractivity contribution >= 4 is 30.1 Å². The second kappa shape index (κ2) is 18.2. The zero-order chi connectivity index (χ0) is 23.5. The van der Waals surface area contributed by atoms with Crippen LogP contribution in [-0.2, 0) is 24.0 Å². The van der Waals surface area contributed by atoms with E-state index in [1.54, 1.807) is 0 Å². The number of hydrogen-bond donors (Lipinski definition) is 7. The maximum atomic E-state index is 11.6. The summed E-state index contributed by atoms with van der Waals surface area (Å²) in [6.07, 6.45) is 3.30. The van der Waals surface area contributed by atoms with Crippen LogP contribution in [0.25, 0.3) is 0 Å². The number of carbonyl (C=O) groups excluding carboxylic acids is 2. The minimum Gasteiger partial charge on any atom is -0.481 e. The van der Waals surface area contributed by atoms with E-state index in [2.05, 4.69) is 21.3 Å². The Hall–Kier alpha value is -2.57. The Bertz CT molecular complexity index is 573. The predicted octanol–water partition coefficient (Wildman–Crippen LogP) is -0.860. The quantitative estimate of drug-likeness (QED) is 0.0621. The summed E-state index contributed by atoms with van der Waals surface area (Å²) in [5, 5.41) is 37.9. The molecular weight excluding hydrogens is 412 g/mol. The van der Waals surface area contributed by atoms with Crippen molar-refractivity contribution in [2.24, 2.45) is 0 Å². The summed E-state index contributed by atoms with van der Waals surface area (Å²) in [4.78, 5) is 54.7. The van der Waals surface area contributed by atoms with Crippen LogP contribution in [-0.4, -0.2) is 83.8 Å². The Morgan fingerprint density at radius 1 is 0.742 bits per heavy atom. The molecule has 0 fully saturated rings. The van der Waals surface area contributed by atoms with Crippen molar-refractivity contribution < 1.29 is 39.3 Å². The molecule has 0 bridgehead atoms. The molecule has 0 rings (SSSR count). The number of unbranched alkanes of at least 4 members (excludes halogenated alkanes) is 1. The lowest BCUT2D eigenvalue weighted by Crippen LogP contribution is -2.47.